The van der Waals surface area contributed by atoms with E-state index in [-0.39, 0.29) is 9.79 Å². The van der Waals surface area contributed by atoms with E-state index in [0.717, 1.165) is 16.3 Å². The predicted octanol–water partition coefficient (Wildman–Crippen LogP) is 6.00. The minimum atomic E-state index is -3.86. The molecule has 0 bridgehead atoms. The summed E-state index contributed by atoms with van der Waals surface area (Å²) in [5.74, 6) is -0.433. The van der Waals surface area contributed by atoms with Crippen molar-refractivity contribution in [3.63, 3.8) is 0 Å². The van der Waals surface area contributed by atoms with Crippen molar-refractivity contribution >= 4 is 53.8 Å². The smallest absolute Gasteiger partial charge is 0.261 e. The predicted molar refractivity (Wildman–Crippen MR) is 158 cm³/mol. The molecule has 0 aliphatic carbocycles. The van der Waals surface area contributed by atoms with E-state index in [9.17, 15) is 21.6 Å². The van der Waals surface area contributed by atoms with Gasteiger partial charge in [0.15, 0.2) is 0 Å². The van der Waals surface area contributed by atoms with Crippen LogP contribution in [0.4, 0.5) is 17.1 Å². The molecule has 0 aliphatic rings. The molecular formula is C30H25N3O5S2. The Hall–Kier alpha value is -4.67. The number of rotatable bonds is 8. The minimum absolute atomic E-state index is 0.0450. The van der Waals surface area contributed by atoms with Crippen molar-refractivity contribution in [3.05, 3.63) is 126 Å². The second-order valence-electron chi connectivity index (χ2n) is 9.11. The molecule has 0 unspecified atom stereocenters. The number of benzene rings is 5. The number of aryl methyl sites for hydroxylation is 1. The number of anilines is 3. The van der Waals surface area contributed by atoms with Crippen LogP contribution < -0.4 is 14.8 Å². The normalized spacial score (nSPS) is 11.6. The molecule has 40 heavy (non-hydrogen) atoms. The van der Waals surface area contributed by atoms with Gasteiger partial charge in [-0.15, -0.1) is 0 Å². The molecule has 0 saturated carbocycles. The molecule has 3 N–H and O–H groups in total. The number of carbonyl (C=O) groups is 1. The Balaban J connectivity index is 1.24. The van der Waals surface area contributed by atoms with Crippen LogP contribution in [0.15, 0.2) is 125 Å². The van der Waals surface area contributed by atoms with Gasteiger partial charge in [-0.3, -0.25) is 14.2 Å². The average Bonchev–Trinajstić information content (AvgIpc) is 2.94. The third kappa shape index (κ3) is 5.98. The highest BCUT2D eigenvalue weighted by molar-refractivity contribution is 7.93. The Morgan fingerprint density at radius 3 is 1.80 bits per heavy atom. The van der Waals surface area contributed by atoms with Crippen molar-refractivity contribution in [3.8, 4) is 0 Å². The highest BCUT2D eigenvalue weighted by atomic mass is 32.2. The average molecular weight is 572 g/mol. The summed E-state index contributed by atoms with van der Waals surface area (Å²) in [6.45, 7) is 1.87. The first-order valence-electron chi connectivity index (χ1n) is 12.2. The van der Waals surface area contributed by atoms with Crippen molar-refractivity contribution < 1.29 is 21.6 Å². The molecule has 0 radical (unpaired) electrons. The second-order valence-corrected chi connectivity index (χ2v) is 12.5. The number of amides is 1. The van der Waals surface area contributed by atoms with Crippen LogP contribution in [-0.4, -0.2) is 22.7 Å². The Morgan fingerprint density at radius 1 is 0.575 bits per heavy atom. The maximum atomic E-state index is 13.0. The number of nitrogens with one attached hydrogen (secondary N) is 3. The fraction of sp³-hybridized carbons (Fsp3) is 0.0333. The lowest BCUT2D eigenvalue weighted by molar-refractivity contribution is 0.102. The number of fused-ring (bicyclic) bond motifs is 1. The minimum Gasteiger partial charge on any atom is -0.322 e. The van der Waals surface area contributed by atoms with Crippen LogP contribution in [0.1, 0.15) is 15.9 Å². The number of sulfonamides is 2. The van der Waals surface area contributed by atoms with E-state index in [4.69, 9.17) is 0 Å². The molecule has 8 nitrogen and oxygen atoms in total. The first-order chi connectivity index (χ1) is 19.1. The summed E-state index contributed by atoms with van der Waals surface area (Å²) >= 11 is 0. The summed E-state index contributed by atoms with van der Waals surface area (Å²) in [5, 5.41) is 4.41. The molecule has 5 rings (SSSR count). The van der Waals surface area contributed by atoms with Crippen LogP contribution in [0.25, 0.3) is 10.8 Å². The van der Waals surface area contributed by atoms with Crippen molar-refractivity contribution in [2.24, 2.45) is 0 Å². The Morgan fingerprint density at radius 2 is 1.12 bits per heavy atom. The lowest BCUT2D eigenvalue weighted by Gasteiger charge is -2.12. The lowest BCUT2D eigenvalue weighted by atomic mass is 10.1. The third-order valence-electron chi connectivity index (χ3n) is 6.19. The lowest BCUT2D eigenvalue weighted by Crippen LogP contribution is -2.15. The van der Waals surface area contributed by atoms with Crippen LogP contribution in [0, 0.1) is 6.92 Å². The monoisotopic (exact) mass is 571 g/mol. The van der Waals surface area contributed by atoms with Gasteiger partial charge < -0.3 is 5.32 Å². The first kappa shape index (κ1) is 26.9. The topological polar surface area (TPSA) is 121 Å². The van der Waals surface area contributed by atoms with Gasteiger partial charge >= 0.3 is 0 Å². The van der Waals surface area contributed by atoms with Gasteiger partial charge in [-0.1, -0.05) is 54.1 Å². The molecule has 1 amide bonds. The molecular weight excluding hydrogens is 546 g/mol. The van der Waals surface area contributed by atoms with Gasteiger partial charge in [-0.2, -0.15) is 0 Å². The van der Waals surface area contributed by atoms with E-state index in [0.29, 0.717) is 22.6 Å². The molecule has 0 saturated heterocycles. The number of carbonyl (C=O) groups excluding carboxylic acids is 1. The Bertz CT molecular complexity index is 1900. The van der Waals surface area contributed by atoms with Crippen molar-refractivity contribution in [1.29, 1.82) is 0 Å². The van der Waals surface area contributed by atoms with Crippen molar-refractivity contribution in [2.75, 3.05) is 14.8 Å². The van der Waals surface area contributed by atoms with Crippen molar-refractivity contribution in [2.45, 2.75) is 16.7 Å². The molecule has 0 aromatic heterocycles. The molecule has 0 heterocycles. The second kappa shape index (κ2) is 10.8. The Kier molecular flexibility index (Phi) is 7.29. The molecule has 10 heteroatoms. The van der Waals surface area contributed by atoms with Gasteiger partial charge in [0.1, 0.15) is 0 Å². The van der Waals surface area contributed by atoms with E-state index in [1.54, 1.807) is 24.3 Å². The largest absolute Gasteiger partial charge is 0.322 e. The van der Waals surface area contributed by atoms with E-state index in [1.807, 2.05) is 37.3 Å². The molecule has 0 spiro atoms. The SMILES string of the molecule is Cc1ccc(S(=O)(=O)Nc2ccc(C(=O)Nc3ccc(S(=O)(=O)Nc4cccc5ccccc45)cc3)cc2)cc1. The van der Waals surface area contributed by atoms with E-state index in [2.05, 4.69) is 14.8 Å². The summed E-state index contributed by atoms with van der Waals surface area (Å²) in [6, 6.07) is 31.1. The van der Waals surface area contributed by atoms with Crippen LogP contribution >= 0.6 is 0 Å². The molecule has 0 fully saturated rings. The fourth-order valence-corrected chi connectivity index (χ4v) is 6.20. The number of hydrogen-bond acceptors (Lipinski definition) is 5. The summed E-state index contributed by atoms with van der Waals surface area (Å²) in [4.78, 5) is 12.9. The molecule has 202 valence electrons. The van der Waals surface area contributed by atoms with Crippen LogP contribution in [0.3, 0.4) is 0 Å². The van der Waals surface area contributed by atoms with E-state index >= 15 is 0 Å². The van der Waals surface area contributed by atoms with Gasteiger partial charge in [-0.05, 0) is 79.0 Å². The van der Waals surface area contributed by atoms with Gasteiger partial charge in [0.2, 0.25) is 0 Å². The zero-order chi connectivity index (χ0) is 28.3. The standard InChI is InChI=1S/C30H25N3O5S2/c1-21-9-17-26(18-10-21)39(35,36)32-25-13-11-23(12-14-25)30(34)31-24-15-19-27(20-16-24)40(37,38)33-29-8-4-6-22-5-2-3-7-28(22)29/h2-20,32-33H,1H3,(H,31,34). The third-order valence-corrected chi connectivity index (χ3v) is 8.97. The highest BCUT2D eigenvalue weighted by Gasteiger charge is 2.17. The van der Waals surface area contributed by atoms with Gasteiger partial charge in [0.25, 0.3) is 26.0 Å². The summed E-state index contributed by atoms with van der Waals surface area (Å²) in [6.07, 6.45) is 0. The zero-order valence-electron chi connectivity index (χ0n) is 21.3. The Labute approximate surface area is 232 Å². The van der Waals surface area contributed by atoms with Crippen LogP contribution in [0.2, 0.25) is 0 Å². The van der Waals surface area contributed by atoms with Gasteiger partial charge in [-0.25, -0.2) is 16.8 Å². The molecule has 0 atom stereocenters. The fourth-order valence-electron chi connectivity index (χ4n) is 4.06. The number of hydrogen-bond donors (Lipinski definition) is 3. The highest BCUT2D eigenvalue weighted by Crippen LogP contribution is 2.26. The first-order valence-corrected chi connectivity index (χ1v) is 15.2. The maximum absolute atomic E-state index is 13.0. The summed E-state index contributed by atoms with van der Waals surface area (Å²) in [5.41, 5.74) is 2.43. The van der Waals surface area contributed by atoms with Crippen LogP contribution in [-0.2, 0) is 20.0 Å². The van der Waals surface area contributed by atoms with E-state index < -0.39 is 26.0 Å². The van der Waals surface area contributed by atoms with E-state index in [1.165, 1.54) is 60.7 Å². The van der Waals surface area contributed by atoms with Gasteiger partial charge in [0, 0.05) is 22.3 Å². The summed E-state index contributed by atoms with van der Waals surface area (Å²) in [7, 11) is -7.63. The zero-order valence-corrected chi connectivity index (χ0v) is 23.0. The quantitative estimate of drug-likeness (QED) is 0.211. The summed E-state index contributed by atoms with van der Waals surface area (Å²) < 4.78 is 56.3. The molecule has 0 aliphatic heterocycles. The maximum Gasteiger partial charge on any atom is 0.261 e. The van der Waals surface area contributed by atoms with Crippen molar-refractivity contribution in [1.82, 2.24) is 0 Å². The van der Waals surface area contributed by atoms with Gasteiger partial charge in [0.05, 0.1) is 15.5 Å². The van der Waals surface area contributed by atoms with Crippen LogP contribution in [0.5, 0.6) is 0 Å². The molecule has 5 aromatic rings. The molecule has 5 aromatic carbocycles.